The number of morpholine rings is 1. The van der Waals surface area contributed by atoms with E-state index in [0.29, 0.717) is 49.1 Å². The predicted molar refractivity (Wildman–Crippen MR) is 121 cm³/mol. The molecule has 2 fully saturated rings. The highest BCUT2D eigenvalue weighted by atomic mass is 32.3. The molecule has 2 aromatic rings. The van der Waals surface area contributed by atoms with Crippen LogP contribution in [0.25, 0.3) is 11.3 Å². The third-order valence-electron chi connectivity index (χ3n) is 6.55. The number of carbonyl (C=O) groups is 1. The van der Waals surface area contributed by atoms with Gasteiger partial charge in [-0.05, 0) is 12.5 Å². The molecule has 2 N–H and O–H groups in total. The van der Waals surface area contributed by atoms with E-state index in [1.807, 2.05) is 22.9 Å². The van der Waals surface area contributed by atoms with Crippen molar-refractivity contribution in [3.05, 3.63) is 35.5 Å². The largest absolute Gasteiger partial charge is 0.383 e. The lowest BCUT2D eigenvalue weighted by molar-refractivity contribution is 0.0297. The molecule has 9 nitrogen and oxygen atoms in total. The van der Waals surface area contributed by atoms with Gasteiger partial charge in [-0.3, -0.25) is 23.5 Å². The summed E-state index contributed by atoms with van der Waals surface area (Å²) in [7, 11) is -1.35. The fraction of sp³-hybridized carbons (Fsp3) is 0.545. The van der Waals surface area contributed by atoms with Crippen LogP contribution in [-0.2, 0) is 15.2 Å². The number of nitrogens with zero attached hydrogens (tertiary/aromatic N) is 4. The molecule has 1 atom stereocenters. The number of methoxy groups -OCH3 is 1. The molecule has 3 aliphatic heterocycles. The molecule has 1 unspecified atom stereocenters. The maximum absolute atomic E-state index is 13.4. The number of rotatable bonds is 5. The highest BCUT2D eigenvalue weighted by molar-refractivity contribution is 8.23. The van der Waals surface area contributed by atoms with Crippen LogP contribution in [0.15, 0.2) is 29.2 Å². The SMILES string of the molecule is COCCN1CCC(n2nc(C(=O)N3CCOCC3)c3c2-c2ccccc2S(O)(O)C3)C1. The molecule has 4 heterocycles. The Morgan fingerprint density at radius 2 is 2.03 bits per heavy atom. The van der Waals surface area contributed by atoms with Crippen molar-refractivity contribution in [3.63, 3.8) is 0 Å². The van der Waals surface area contributed by atoms with Gasteiger partial charge < -0.3 is 14.4 Å². The molecule has 0 radical (unpaired) electrons. The molecular weight excluding hydrogens is 432 g/mol. The molecule has 5 rings (SSSR count). The van der Waals surface area contributed by atoms with Crippen LogP contribution in [0.5, 0.6) is 0 Å². The van der Waals surface area contributed by atoms with Crippen LogP contribution >= 0.6 is 10.6 Å². The minimum atomic E-state index is -3.05. The number of fused-ring (bicyclic) bond motifs is 3. The smallest absolute Gasteiger partial charge is 0.274 e. The summed E-state index contributed by atoms with van der Waals surface area (Å²) in [4.78, 5) is 18.1. The summed E-state index contributed by atoms with van der Waals surface area (Å²) < 4.78 is 34.5. The van der Waals surface area contributed by atoms with E-state index in [9.17, 15) is 13.9 Å². The van der Waals surface area contributed by atoms with Gasteiger partial charge in [-0.15, -0.1) is 0 Å². The first kappa shape index (κ1) is 21.9. The molecule has 2 saturated heterocycles. The predicted octanol–water partition coefficient (Wildman–Crippen LogP) is 2.54. The number of likely N-dealkylation sites (tertiary alicyclic amines) is 1. The quantitative estimate of drug-likeness (QED) is 0.704. The van der Waals surface area contributed by atoms with Crippen molar-refractivity contribution in [1.29, 1.82) is 0 Å². The minimum Gasteiger partial charge on any atom is -0.383 e. The van der Waals surface area contributed by atoms with Gasteiger partial charge in [0, 0.05) is 51.0 Å². The Morgan fingerprint density at radius 1 is 1.25 bits per heavy atom. The van der Waals surface area contributed by atoms with Gasteiger partial charge in [0.15, 0.2) is 5.69 Å². The zero-order chi connectivity index (χ0) is 22.3. The standard InChI is InChI=1S/C22H30N4O5S/c1-30-11-8-24-7-6-16(14-24)26-21-17-4-2-3-5-19(17)32(28,29)15-18(21)20(23-26)22(27)25-9-12-31-13-10-25/h2-5,16,28-29H,6-15H2,1H3. The Labute approximate surface area is 189 Å². The molecule has 1 amide bonds. The summed E-state index contributed by atoms with van der Waals surface area (Å²) >= 11 is 0. The van der Waals surface area contributed by atoms with E-state index >= 15 is 0 Å². The molecule has 3 aliphatic rings. The zero-order valence-electron chi connectivity index (χ0n) is 18.3. The van der Waals surface area contributed by atoms with Crippen molar-refractivity contribution in [2.75, 3.05) is 59.7 Å². The zero-order valence-corrected chi connectivity index (χ0v) is 19.1. The van der Waals surface area contributed by atoms with Gasteiger partial charge in [0.2, 0.25) is 0 Å². The van der Waals surface area contributed by atoms with Crippen LogP contribution in [0.4, 0.5) is 0 Å². The Kier molecular flexibility index (Phi) is 5.99. The molecule has 174 valence electrons. The average molecular weight is 463 g/mol. The van der Waals surface area contributed by atoms with Crippen molar-refractivity contribution < 1.29 is 23.4 Å². The number of hydrogen-bond donors (Lipinski definition) is 2. The summed E-state index contributed by atoms with van der Waals surface area (Å²) in [6.07, 6.45) is 0.918. The van der Waals surface area contributed by atoms with Crippen molar-refractivity contribution >= 4 is 16.5 Å². The highest BCUT2D eigenvalue weighted by Gasteiger charge is 2.39. The Morgan fingerprint density at radius 3 is 2.81 bits per heavy atom. The maximum atomic E-state index is 13.4. The van der Waals surface area contributed by atoms with Crippen molar-refractivity contribution in [3.8, 4) is 11.3 Å². The van der Waals surface area contributed by atoms with Gasteiger partial charge >= 0.3 is 0 Å². The Hall–Kier alpha value is -1.95. The topological polar surface area (TPSA) is 100 Å². The Bertz CT molecular complexity index is 1000. The summed E-state index contributed by atoms with van der Waals surface area (Å²) in [6.45, 7) is 5.32. The van der Waals surface area contributed by atoms with Crippen LogP contribution in [0, 0.1) is 0 Å². The Balaban J connectivity index is 1.58. The number of amides is 1. The lowest BCUT2D eigenvalue weighted by atomic mass is 10.0. The number of benzene rings is 1. The van der Waals surface area contributed by atoms with Crippen LogP contribution in [0.2, 0.25) is 0 Å². The van der Waals surface area contributed by atoms with E-state index in [2.05, 4.69) is 4.90 Å². The molecule has 0 aliphatic carbocycles. The molecule has 0 bridgehead atoms. The van der Waals surface area contributed by atoms with E-state index in [1.54, 1.807) is 18.1 Å². The van der Waals surface area contributed by atoms with E-state index < -0.39 is 10.6 Å². The molecule has 0 spiro atoms. The summed E-state index contributed by atoms with van der Waals surface area (Å²) in [6, 6.07) is 7.50. The summed E-state index contributed by atoms with van der Waals surface area (Å²) in [5, 5.41) is 4.85. The monoisotopic (exact) mass is 462 g/mol. The first-order chi connectivity index (χ1) is 15.5. The molecule has 0 saturated carbocycles. The fourth-order valence-corrected chi connectivity index (χ4v) is 6.55. The minimum absolute atomic E-state index is 0.0187. The lowest BCUT2D eigenvalue weighted by Gasteiger charge is -2.38. The second-order valence-electron chi connectivity index (χ2n) is 8.57. The average Bonchev–Trinajstić information content (AvgIpc) is 3.42. The highest BCUT2D eigenvalue weighted by Crippen LogP contribution is 2.60. The van der Waals surface area contributed by atoms with Gasteiger partial charge in [-0.1, -0.05) is 18.2 Å². The molecular formula is C22H30N4O5S. The number of aromatic nitrogens is 2. The van der Waals surface area contributed by atoms with Crippen LogP contribution in [-0.4, -0.2) is 94.2 Å². The third-order valence-corrected chi connectivity index (χ3v) is 8.31. The molecule has 1 aromatic carbocycles. The first-order valence-electron chi connectivity index (χ1n) is 11.0. The van der Waals surface area contributed by atoms with Crippen LogP contribution in [0.3, 0.4) is 0 Å². The van der Waals surface area contributed by atoms with E-state index in [0.717, 1.165) is 37.3 Å². The van der Waals surface area contributed by atoms with Crippen LogP contribution < -0.4 is 0 Å². The third kappa shape index (κ3) is 3.85. The van der Waals surface area contributed by atoms with Gasteiger partial charge in [-0.25, -0.2) is 0 Å². The number of hydrogen-bond acceptors (Lipinski definition) is 7. The van der Waals surface area contributed by atoms with Gasteiger partial charge in [0.1, 0.15) is 0 Å². The molecule has 32 heavy (non-hydrogen) atoms. The molecule has 10 heteroatoms. The van der Waals surface area contributed by atoms with E-state index in [4.69, 9.17) is 14.6 Å². The van der Waals surface area contributed by atoms with Gasteiger partial charge in [-0.2, -0.15) is 15.7 Å². The second-order valence-corrected chi connectivity index (χ2v) is 10.6. The fourth-order valence-electron chi connectivity index (χ4n) is 4.91. The lowest BCUT2D eigenvalue weighted by Crippen LogP contribution is -2.41. The number of ether oxygens (including phenoxy) is 2. The van der Waals surface area contributed by atoms with Gasteiger partial charge in [0.25, 0.3) is 5.91 Å². The normalized spacial score (nSPS) is 23.6. The van der Waals surface area contributed by atoms with E-state index in [-0.39, 0.29) is 17.7 Å². The second kappa shape index (κ2) is 8.77. The molecule has 1 aromatic heterocycles. The first-order valence-corrected chi connectivity index (χ1v) is 12.8. The van der Waals surface area contributed by atoms with Crippen molar-refractivity contribution in [2.24, 2.45) is 0 Å². The van der Waals surface area contributed by atoms with Gasteiger partial charge in [0.05, 0.1) is 42.2 Å². The number of carbonyl (C=O) groups excluding carboxylic acids is 1. The maximum Gasteiger partial charge on any atom is 0.274 e. The van der Waals surface area contributed by atoms with Crippen molar-refractivity contribution in [2.45, 2.75) is 23.1 Å². The van der Waals surface area contributed by atoms with E-state index in [1.165, 1.54) is 0 Å². The summed E-state index contributed by atoms with van der Waals surface area (Å²) in [5.41, 5.74) is 2.60. The van der Waals surface area contributed by atoms with Crippen molar-refractivity contribution in [1.82, 2.24) is 19.6 Å². The summed E-state index contributed by atoms with van der Waals surface area (Å²) in [5.74, 6) is -0.141. The van der Waals surface area contributed by atoms with Crippen LogP contribution in [0.1, 0.15) is 28.5 Å².